The van der Waals surface area contributed by atoms with Crippen LogP contribution in [0.15, 0.2) is 42.6 Å². The third-order valence-electron chi connectivity index (χ3n) is 2.67. The van der Waals surface area contributed by atoms with Crippen molar-refractivity contribution in [3.05, 3.63) is 48.2 Å². The van der Waals surface area contributed by atoms with Crippen molar-refractivity contribution in [3.8, 4) is 17.2 Å². The van der Waals surface area contributed by atoms with Gasteiger partial charge in [0.2, 0.25) is 5.95 Å². The van der Waals surface area contributed by atoms with Crippen molar-refractivity contribution < 1.29 is 0 Å². The number of hydrogen-bond acceptors (Lipinski definition) is 4. The quantitative estimate of drug-likeness (QED) is 0.698. The molecule has 0 aliphatic heterocycles. The van der Waals surface area contributed by atoms with E-state index < -0.39 is 0 Å². The molecule has 0 saturated carbocycles. The van der Waals surface area contributed by atoms with Crippen LogP contribution >= 0.6 is 0 Å². The van der Waals surface area contributed by atoms with Gasteiger partial charge in [0.1, 0.15) is 0 Å². The number of rotatable bonds is 1. The second-order valence-electron chi connectivity index (χ2n) is 3.88. The Hall–Kier alpha value is -2.87. The van der Waals surface area contributed by atoms with Gasteiger partial charge in [0.05, 0.1) is 11.6 Å². The molecule has 0 amide bonds. The maximum absolute atomic E-state index is 8.89. The van der Waals surface area contributed by atoms with E-state index in [1.54, 1.807) is 10.6 Å². The minimum Gasteiger partial charge on any atom is -0.366 e. The minimum atomic E-state index is 0.248. The molecule has 0 saturated heterocycles. The summed E-state index contributed by atoms with van der Waals surface area (Å²) < 4.78 is 1.63. The molecule has 18 heavy (non-hydrogen) atoms. The lowest BCUT2D eigenvalue weighted by Gasteiger charge is -2.02. The molecule has 0 aliphatic rings. The highest BCUT2D eigenvalue weighted by molar-refractivity contribution is 5.66. The zero-order valence-corrected chi connectivity index (χ0v) is 9.41. The van der Waals surface area contributed by atoms with Crippen molar-refractivity contribution in [2.45, 2.75) is 0 Å². The summed E-state index contributed by atoms with van der Waals surface area (Å²) in [5.41, 5.74) is 8.80. The summed E-state index contributed by atoms with van der Waals surface area (Å²) in [7, 11) is 0. The lowest BCUT2D eigenvalue weighted by Crippen LogP contribution is -1.90. The number of nitrogens with zero attached hydrogens (tertiary/aromatic N) is 4. The van der Waals surface area contributed by atoms with Gasteiger partial charge < -0.3 is 5.73 Å². The summed E-state index contributed by atoms with van der Waals surface area (Å²) in [4.78, 5) is 4.06. The molecule has 5 nitrogen and oxygen atoms in total. The fraction of sp³-hybridized carbons (Fsp3) is 0. The van der Waals surface area contributed by atoms with Crippen molar-refractivity contribution in [1.82, 2.24) is 14.6 Å². The highest BCUT2D eigenvalue weighted by Crippen LogP contribution is 2.20. The first-order valence-electron chi connectivity index (χ1n) is 5.39. The summed E-state index contributed by atoms with van der Waals surface area (Å²) >= 11 is 0. The average molecular weight is 235 g/mol. The number of nitriles is 1. The Morgan fingerprint density at radius 3 is 2.89 bits per heavy atom. The van der Waals surface area contributed by atoms with Crippen LogP contribution in [0.1, 0.15) is 5.56 Å². The van der Waals surface area contributed by atoms with Crippen LogP contribution in [0.4, 0.5) is 5.95 Å². The zero-order valence-electron chi connectivity index (χ0n) is 9.41. The van der Waals surface area contributed by atoms with Gasteiger partial charge in [-0.1, -0.05) is 12.1 Å². The summed E-state index contributed by atoms with van der Waals surface area (Å²) in [6, 6.07) is 13.3. The minimum absolute atomic E-state index is 0.248. The van der Waals surface area contributed by atoms with Crippen LogP contribution in [0.2, 0.25) is 0 Å². The van der Waals surface area contributed by atoms with Gasteiger partial charge in [0.25, 0.3) is 0 Å². The van der Waals surface area contributed by atoms with E-state index in [4.69, 9.17) is 11.0 Å². The highest BCUT2D eigenvalue weighted by atomic mass is 15.3. The van der Waals surface area contributed by atoms with Crippen LogP contribution in [-0.2, 0) is 0 Å². The Morgan fingerprint density at radius 1 is 1.17 bits per heavy atom. The second kappa shape index (κ2) is 3.86. The number of benzene rings is 1. The van der Waals surface area contributed by atoms with E-state index in [2.05, 4.69) is 16.2 Å². The molecule has 1 aromatic carbocycles. The van der Waals surface area contributed by atoms with E-state index in [9.17, 15) is 0 Å². The summed E-state index contributed by atoms with van der Waals surface area (Å²) in [5, 5.41) is 13.0. The largest absolute Gasteiger partial charge is 0.366 e. The molecule has 0 fully saturated rings. The Labute approximate surface area is 103 Å². The van der Waals surface area contributed by atoms with Gasteiger partial charge >= 0.3 is 0 Å². The summed E-state index contributed by atoms with van der Waals surface area (Å²) in [6.45, 7) is 0. The van der Waals surface area contributed by atoms with Gasteiger partial charge in [-0.05, 0) is 29.8 Å². The predicted octanol–water partition coefficient (Wildman–Crippen LogP) is 1.85. The Balaban J connectivity index is 2.16. The molecule has 0 unspecified atom stereocenters. The van der Waals surface area contributed by atoms with Gasteiger partial charge in [-0.25, -0.2) is 4.52 Å². The first-order chi connectivity index (χ1) is 8.76. The normalized spacial score (nSPS) is 10.4. The monoisotopic (exact) mass is 235 g/mol. The van der Waals surface area contributed by atoms with Crippen molar-refractivity contribution in [2.75, 3.05) is 5.73 Å². The van der Waals surface area contributed by atoms with Gasteiger partial charge in [0.15, 0.2) is 5.65 Å². The third-order valence-corrected chi connectivity index (χ3v) is 2.67. The lowest BCUT2D eigenvalue weighted by atomic mass is 10.1. The Kier molecular flexibility index (Phi) is 2.21. The van der Waals surface area contributed by atoms with E-state index in [0.29, 0.717) is 11.2 Å². The van der Waals surface area contributed by atoms with Crippen LogP contribution < -0.4 is 5.73 Å². The van der Waals surface area contributed by atoms with Crippen molar-refractivity contribution in [1.29, 1.82) is 5.26 Å². The molecule has 3 aromatic rings. The van der Waals surface area contributed by atoms with Gasteiger partial charge in [-0.15, -0.1) is 5.10 Å². The molecular formula is C13H9N5. The highest BCUT2D eigenvalue weighted by Gasteiger charge is 2.03. The molecule has 86 valence electrons. The first-order valence-corrected chi connectivity index (χ1v) is 5.39. The number of pyridine rings is 1. The standard InChI is InChI=1S/C13H9N5/c14-7-9-2-1-3-10(6-9)11-4-5-12-16-13(15)17-18(12)8-11/h1-6,8H,(H2,15,17). The van der Waals surface area contributed by atoms with Crippen molar-refractivity contribution in [2.24, 2.45) is 0 Å². The molecule has 2 N–H and O–H groups in total. The van der Waals surface area contributed by atoms with E-state index >= 15 is 0 Å². The van der Waals surface area contributed by atoms with Gasteiger partial charge in [0, 0.05) is 11.8 Å². The molecule has 0 spiro atoms. The number of fused-ring (bicyclic) bond motifs is 1. The van der Waals surface area contributed by atoms with Crippen LogP contribution in [-0.4, -0.2) is 14.6 Å². The van der Waals surface area contributed by atoms with Crippen LogP contribution in [0.3, 0.4) is 0 Å². The fourth-order valence-corrected chi connectivity index (χ4v) is 1.84. The second-order valence-corrected chi connectivity index (χ2v) is 3.88. The van der Waals surface area contributed by atoms with Gasteiger partial charge in [-0.3, -0.25) is 0 Å². The van der Waals surface area contributed by atoms with Crippen LogP contribution in [0.25, 0.3) is 16.8 Å². The lowest BCUT2D eigenvalue weighted by molar-refractivity contribution is 0.969. The number of nitrogens with two attached hydrogens (primary N) is 1. The molecule has 2 heterocycles. The molecule has 0 bridgehead atoms. The Morgan fingerprint density at radius 2 is 2.06 bits per heavy atom. The average Bonchev–Trinajstić information content (AvgIpc) is 2.77. The maximum Gasteiger partial charge on any atom is 0.240 e. The molecule has 0 atom stereocenters. The molecular weight excluding hydrogens is 226 g/mol. The maximum atomic E-state index is 8.89. The third kappa shape index (κ3) is 1.66. The number of aromatic nitrogens is 3. The topological polar surface area (TPSA) is 80.0 Å². The van der Waals surface area contributed by atoms with Crippen molar-refractivity contribution >= 4 is 11.6 Å². The molecule has 3 rings (SSSR count). The van der Waals surface area contributed by atoms with E-state index in [0.717, 1.165) is 11.1 Å². The van der Waals surface area contributed by atoms with E-state index in [1.165, 1.54) is 0 Å². The SMILES string of the molecule is N#Cc1cccc(-c2ccc3nc(N)nn3c2)c1. The molecule has 2 aromatic heterocycles. The van der Waals surface area contributed by atoms with E-state index in [-0.39, 0.29) is 5.95 Å². The fourth-order valence-electron chi connectivity index (χ4n) is 1.84. The summed E-state index contributed by atoms with van der Waals surface area (Å²) in [6.07, 6.45) is 1.84. The Bertz CT molecular complexity index is 766. The summed E-state index contributed by atoms with van der Waals surface area (Å²) in [5.74, 6) is 0.248. The van der Waals surface area contributed by atoms with Crippen LogP contribution in [0.5, 0.6) is 0 Å². The van der Waals surface area contributed by atoms with Crippen LogP contribution in [0, 0.1) is 11.3 Å². The molecule has 0 aliphatic carbocycles. The zero-order chi connectivity index (χ0) is 12.5. The number of nitrogen functional groups attached to an aromatic ring is 1. The van der Waals surface area contributed by atoms with Gasteiger partial charge in [-0.2, -0.15) is 10.2 Å². The smallest absolute Gasteiger partial charge is 0.240 e. The number of hydrogen-bond donors (Lipinski definition) is 1. The predicted molar refractivity (Wildman–Crippen MR) is 67.6 cm³/mol. The molecule has 5 heteroatoms. The van der Waals surface area contributed by atoms with E-state index in [1.807, 2.05) is 36.5 Å². The first kappa shape index (κ1) is 10.3. The van der Waals surface area contributed by atoms with Crippen molar-refractivity contribution in [3.63, 3.8) is 0 Å². The number of anilines is 1. The molecule has 0 radical (unpaired) electrons.